The quantitative estimate of drug-likeness (QED) is 0.638. The molecule has 0 atom stereocenters. The Bertz CT molecular complexity index is 263. The molecule has 1 aromatic heterocycles. The van der Waals surface area contributed by atoms with Crippen molar-refractivity contribution in [3.05, 3.63) is 23.9 Å². The summed E-state index contributed by atoms with van der Waals surface area (Å²) < 4.78 is 5.57. The minimum absolute atomic E-state index is 0.166. The molecule has 0 amide bonds. The topological polar surface area (TPSA) is 22.1 Å². The number of rotatable bonds is 1. The fraction of sp³-hybridized carbons (Fsp3) is 0.500. The van der Waals surface area contributed by atoms with Crippen LogP contribution in [0.4, 0.5) is 0 Å². The molecule has 1 rings (SSSR count). The second-order valence-electron chi connectivity index (χ2n) is 3.89. The van der Waals surface area contributed by atoms with E-state index in [1.807, 2.05) is 39.8 Å². The van der Waals surface area contributed by atoms with Gasteiger partial charge in [-0.15, -0.1) is 0 Å². The molecule has 2 nitrogen and oxygen atoms in total. The van der Waals surface area contributed by atoms with Crippen LogP contribution in [0.5, 0.6) is 5.88 Å². The first-order chi connectivity index (χ1) is 5.47. The number of hydrogen-bond donors (Lipinski definition) is 0. The van der Waals surface area contributed by atoms with Crippen LogP contribution in [0.15, 0.2) is 18.3 Å². The number of ether oxygens (including phenoxy) is 1. The lowest BCUT2D eigenvalue weighted by Gasteiger charge is -2.20. The van der Waals surface area contributed by atoms with E-state index in [4.69, 9.17) is 4.74 Å². The molecule has 0 fully saturated rings. The summed E-state index contributed by atoms with van der Waals surface area (Å²) in [7, 11) is 0. The zero-order valence-electron chi connectivity index (χ0n) is 8.09. The number of aromatic nitrogens is 1. The van der Waals surface area contributed by atoms with Crippen molar-refractivity contribution in [1.29, 1.82) is 0 Å². The lowest BCUT2D eigenvalue weighted by atomic mass is 10.2. The third-order valence-corrected chi connectivity index (χ3v) is 1.30. The van der Waals surface area contributed by atoms with Crippen LogP contribution in [0.25, 0.3) is 0 Å². The molecular formula is C10H15NO. The second kappa shape index (κ2) is 3.13. The predicted molar refractivity (Wildman–Crippen MR) is 49.4 cm³/mol. The van der Waals surface area contributed by atoms with Crippen molar-refractivity contribution in [3.63, 3.8) is 0 Å². The van der Waals surface area contributed by atoms with Gasteiger partial charge in [0.2, 0.25) is 5.88 Å². The highest BCUT2D eigenvalue weighted by Gasteiger charge is 2.11. The molecule has 1 heterocycles. The van der Waals surface area contributed by atoms with Crippen molar-refractivity contribution >= 4 is 0 Å². The Balaban J connectivity index is 2.77. The maximum Gasteiger partial charge on any atom is 0.213 e. The Hall–Kier alpha value is -1.05. The van der Waals surface area contributed by atoms with E-state index in [9.17, 15) is 0 Å². The number of nitrogens with zero attached hydrogens (tertiary/aromatic N) is 1. The SMILES string of the molecule is Cc1ccnc(OC(C)(C)C)c1. The second-order valence-corrected chi connectivity index (χ2v) is 3.89. The minimum Gasteiger partial charge on any atom is -0.472 e. The minimum atomic E-state index is -0.166. The molecule has 2 heteroatoms. The normalized spacial score (nSPS) is 11.3. The molecule has 0 spiro atoms. The van der Waals surface area contributed by atoms with Crippen molar-refractivity contribution in [2.24, 2.45) is 0 Å². The molecule has 0 N–H and O–H groups in total. The van der Waals surface area contributed by atoms with E-state index >= 15 is 0 Å². The monoisotopic (exact) mass is 165 g/mol. The number of hydrogen-bond acceptors (Lipinski definition) is 2. The summed E-state index contributed by atoms with van der Waals surface area (Å²) in [6.07, 6.45) is 1.76. The molecule has 1 aromatic rings. The van der Waals surface area contributed by atoms with Crippen LogP contribution in [-0.4, -0.2) is 10.6 Å². The van der Waals surface area contributed by atoms with Gasteiger partial charge < -0.3 is 4.74 Å². The van der Waals surface area contributed by atoms with Gasteiger partial charge in [-0.25, -0.2) is 4.98 Å². The van der Waals surface area contributed by atoms with Gasteiger partial charge in [-0.05, 0) is 39.3 Å². The summed E-state index contributed by atoms with van der Waals surface area (Å²) in [6, 6.07) is 3.89. The smallest absolute Gasteiger partial charge is 0.213 e. The summed E-state index contributed by atoms with van der Waals surface area (Å²) in [4.78, 5) is 4.10. The summed E-state index contributed by atoms with van der Waals surface area (Å²) in [5, 5.41) is 0. The molecular weight excluding hydrogens is 150 g/mol. The first-order valence-electron chi connectivity index (χ1n) is 4.09. The molecule has 0 aliphatic heterocycles. The molecule has 66 valence electrons. The molecule has 0 bridgehead atoms. The van der Waals surface area contributed by atoms with Gasteiger partial charge in [0.15, 0.2) is 0 Å². The maximum absolute atomic E-state index is 5.57. The summed E-state index contributed by atoms with van der Waals surface area (Å²) in [5.41, 5.74) is 1.00. The fourth-order valence-electron chi connectivity index (χ4n) is 0.878. The van der Waals surface area contributed by atoms with Crippen LogP contribution in [-0.2, 0) is 0 Å². The van der Waals surface area contributed by atoms with Gasteiger partial charge in [0.25, 0.3) is 0 Å². The molecule has 0 aliphatic rings. The highest BCUT2D eigenvalue weighted by molar-refractivity contribution is 5.19. The molecule has 0 unspecified atom stereocenters. The van der Waals surface area contributed by atoms with Gasteiger partial charge >= 0.3 is 0 Å². The van der Waals surface area contributed by atoms with Crippen molar-refractivity contribution < 1.29 is 4.74 Å². The summed E-state index contributed by atoms with van der Waals surface area (Å²) in [5.74, 6) is 0.697. The molecule has 0 saturated carbocycles. The van der Waals surface area contributed by atoms with Crippen LogP contribution >= 0.6 is 0 Å². The Kier molecular flexibility index (Phi) is 2.36. The van der Waals surface area contributed by atoms with E-state index in [-0.39, 0.29) is 5.60 Å². The molecule has 0 radical (unpaired) electrons. The Morgan fingerprint density at radius 2 is 2.00 bits per heavy atom. The van der Waals surface area contributed by atoms with E-state index in [0.29, 0.717) is 5.88 Å². The third kappa shape index (κ3) is 2.91. The summed E-state index contributed by atoms with van der Waals surface area (Å²) in [6.45, 7) is 8.06. The van der Waals surface area contributed by atoms with Crippen molar-refractivity contribution in [3.8, 4) is 5.88 Å². The maximum atomic E-state index is 5.57. The predicted octanol–water partition coefficient (Wildman–Crippen LogP) is 2.57. The number of aryl methyl sites for hydroxylation is 1. The van der Waals surface area contributed by atoms with E-state index in [1.54, 1.807) is 6.20 Å². The summed E-state index contributed by atoms with van der Waals surface area (Å²) >= 11 is 0. The Morgan fingerprint density at radius 1 is 1.33 bits per heavy atom. The fourth-order valence-corrected chi connectivity index (χ4v) is 0.878. The van der Waals surface area contributed by atoms with Crippen LogP contribution in [0.2, 0.25) is 0 Å². The largest absolute Gasteiger partial charge is 0.472 e. The van der Waals surface area contributed by atoms with Crippen molar-refractivity contribution in [2.45, 2.75) is 33.3 Å². The molecule has 0 aliphatic carbocycles. The lowest BCUT2D eigenvalue weighted by Crippen LogP contribution is -2.23. The number of pyridine rings is 1. The first-order valence-corrected chi connectivity index (χ1v) is 4.09. The van der Waals surface area contributed by atoms with E-state index in [1.165, 1.54) is 5.56 Å². The van der Waals surface area contributed by atoms with Gasteiger partial charge in [0.05, 0.1) is 0 Å². The van der Waals surface area contributed by atoms with Crippen molar-refractivity contribution in [2.75, 3.05) is 0 Å². The molecule has 0 saturated heterocycles. The van der Waals surface area contributed by atoms with Gasteiger partial charge in [0.1, 0.15) is 5.60 Å². The molecule has 0 aromatic carbocycles. The van der Waals surface area contributed by atoms with Crippen LogP contribution in [0.1, 0.15) is 26.3 Å². The average Bonchev–Trinajstić information content (AvgIpc) is 1.82. The van der Waals surface area contributed by atoms with Crippen LogP contribution in [0.3, 0.4) is 0 Å². The van der Waals surface area contributed by atoms with Crippen molar-refractivity contribution in [1.82, 2.24) is 4.98 Å². The Morgan fingerprint density at radius 3 is 2.50 bits per heavy atom. The van der Waals surface area contributed by atoms with Gasteiger partial charge in [-0.3, -0.25) is 0 Å². The lowest BCUT2D eigenvalue weighted by molar-refractivity contribution is 0.124. The highest BCUT2D eigenvalue weighted by Crippen LogP contribution is 2.15. The first kappa shape index (κ1) is 9.04. The van der Waals surface area contributed by atoms with Gasteiger partial charge in [-0.1, -0.05) is 0 Å². The van der Waals surface area contributed by atoms with Gasteiger partial charge in [0, 0.05) is 12.3 Å². The third-order valence-electron chi connectivity index (χ3n) is 1.30. The van der Waals surface area contributed by atoms with Gasteiger partial charge in [-0.2, -0.15) is 0 Å². The average molecular weight is 165 g/mol. The van der Waals surface area contributed by atoms with E-state index in [2.05, 4.69) is 4.98 Å². The standard InChI is InChI=1S/C10H15NO/c1-8-5-6-11-9(7-8)12-10(2,3)4/h5-7H,1-4H3. The zero-order valence-corrected chi connectivity index (χ0v) is 8.09. The van der Waals surface area contributed by atoms with E-state index in [0.717, 1.165) is 0 Å². The Labute approximate surface area is 73.6 Å². The van der Waals surface area contributed by atoms with Crippen LogP contribution in [0, 0.1) is 6.92 Å². The van der Waals surface area contributed by atoms with Crippen LogP contribution < -0.4 is 4.74 Å². The molecule has 12 heavy (non-hydrogen) atoms. The zero-order chi connectivity index (χ0) is 9.19. The highest BCUT2D eigenvalue weighted by atomic mass is 16.5. The van der Waals surface area contributed by atoms with E-state index < -0.39 is 0 Å².